The number of rotatable bonds is 7. The van der Waals surface area contributed by atoms with Gasteiger partial charge in [0.05, 0.1) is 6.61 Å². The topological polar surface area (TPSA) is 87.9 Å². The highest BCUT2D eigenvalue weighted by Gasteiger charge is 2.13. The Morgan fingerprint density at radius 2 is 2.25 bits per heavy atom. The lowest BCUT2D eigenvalue weighted by Crippen LogP contribution is -2.13. The van der Waals surface area contributed by atoms with Crippen LogP contribution >= 0.6 is 27.3 Å². The molecule has 0 spiro atoms. The summed E-state index contributed by atoms with van der Waals surface area (Å²) in [5.41, 5.74) is 0.634. The number of anilines is 1. The summed E-state index contributed by atoms with van der Waals surface area (Å²) >= 11 is 4.58. The molecule has 0 bridgehead atoms. The number of para-hydroxylation sites is 1. The molecule has 0 fully saturated rings. The van der Waals surface area contributed by atoms with Gasteiger partial charge < -0.3 is 4.74 Å². The van der Waals surface area contributed by atoms with Gasteiger partial charge in [0.25, 0.3) is 5.91 Å². The number of hydrogen-bond acceptors (Lipinski definition) is 6. The van der Waals surface area contributed by atoms with Crippen molar-refractivity contribution >= 4 is 44.4 Å². The molecule has 24 heavy (non-hydrogen) atoms. The molecule has 0 unspecified atom stereocenters. The quantitative estimate of drug-likeness (QED) is 0.432. The van der Waals surface area contributed by atoms with Crippen molar-refractivity contribution in [3.05, 3.63) is 40.4 Å². The van der Waals surface area contributed by atoms with Gasteiger partial charge in [-0.3, -0.25) is 10.1 Å². The second-order valence-corrected chi connectivity index (χ2v) is 6.41. The van der Waals surface area contributed by atoms with E-state index in [2.05, 4.69) is 31.4 Å². The predicted molar refractivity (Wildman–Crippen MR) is 97.2 cm³/mol. The van der Waals surface area contributed by atoms with Gasteiger partial charge in [-0.05, 0) is 18.6 Å². The van der Waals surface area contributed by atoms with Gasteiger partial charge in [0.1, 0.15) is 22.4 Å². The zero-order valence-corrected chi connectivity index (χ0v) is 15.4. The smallest absolute Gasteiger partial charge is 0.268 e. The predicted octanol–water partition coefficient (Wildman–Crippen LogP) is 3.42. The molecule has 2 rings (SSSR count). The lowest BCUT2D eigenvalue weighted by Gasteiger charge is -2.08. The first-order valence-corrected chi connectivity index (χ1v) is 9.15. The Kier molecular flexibility index (Phi) is 6.90. The van der Waals surface area contributed by atoms with Crippen molar-refractivity contribution in [2.45, 2.75) is 13.3 Å². The third-order valence-corrected chi connectivity index (χ3v) is 4.22. The SMILES string of the molecule is CCc1nnc(NC(=O)/C(C#N)=C\c2ccccc2OCCBr)s1. The second-order valence-electron chi connectivity index (χ2n) is 4.55. The number of benzene rings is 1. The molecule has 1 amide bonds. The fraction of sp³-hybridized carbons (Fsp3) is 0.250. The van der Waals surface area contributed by atoms with Crippen molar-refractivity contribution in [2.75, 3.05) is 17.3 Å². The van der Waals surface area contributed by atoms with Crippen LogP contribution in [0.15, 0.2) is 29.8 Å². The first kappa shape index (κ1) is 18.1. The lowest BCUT2D eigenvalue weighted by atomic mass is 10.1. The number of nitrogens with one attached hydrogen (secondary N) is 1. The van der Waals surface area contributed by atoms with Crippen molar-refractivity contribution in [3.63, 3.8) is 0 Å². The van der Waals surface area contributed by atoms with Gasteiger partial charge in [-0.25, -0.2) is 0 Å². The van der Waals surface area contributed by atoms with Crippen LogP contribution in [0, 0.1) is 11.3 Å². The minimum atomic E-state index is -0.522. The molecule has 0 aliphatic carbocycles. The highest BCUT2D eigenvalue weighted by Crippen LogP contribution is 2.22. The molecule has 1 aromatic carbocycles. The van der Waals surface area contributed by atoms with Crippen LogP contribution in [0.25, 0.3) is 6.08 Å². The summed E-state index contributed by atoms with van der Waals surface area (Å²) in [7, 11) is 0. The molecule has 0 atom stereocenters. The summed E-state index contributed by atoms with van der Waals surface area (Å²) in [6, 6.07) is 9.14. The standard InChI is InChI=1S/C16H15BrN4O2S/c1-2-14-20-21-16(24-14)19-15(22)12(10-18)9-11-5-3-4-6-13(11)23-8-7-17/h3-6,9H,2,7-8H2,1H3,(H,19,21,22)/b12-9-. The zero-order chi connectivity index (χ0) is 17.4. The van der Waals surface area contributed by atoms with Crippen LogP contribution in [0.2, 0.25) is 0 Å². The van der Waals surface area contributed by atoms with E-state index in [1.54, 1.807) is 12.1 Å². The molecule has 0 aliphatic rings. The van der Waals surface area contributed by atoms with Gasteiger partial charge in [-0.2, -0.15) is 5.26 Å². The van der Waals surface area contributed by atoms with Gasteiger partial charge in [0.2, 0.25) is 5.13 Å². The molecule has 6 nitrogen and oxygen atoms in total. The van der Waals surface area contributed by atoms with Crippen LogP contribution in [0.1, 0.15) is 17.5 Å². The average molecular weight is 407 g/mol. The van der Waals surface area contributed by atoms with Crippen LogP contribution in [0.3, 0.4) is 0 Å². The number of nitrogens with zero attached hydrogens (tertiary/aromatic N) is 3. The highest BCUT2D eigenvalue weighted by atomic mass is 79.9. The fourth-order valence-corrected chi connectivity index (χ4v) is 2.63. The maximum atomic E-state index is 12.3. The van der Waals surface area contributed by atoms with Crippen molar-refractivity contribution in [2.24, 2.45) is 0 Å². The zero-order valence-electron chi connectivity index (χ0n) is 13.0. The van der Waals surface area contributed by atoms with E-state index in [-0.39, 0.29) is 5.57 Å². The minimum absolute atomic E-state index is 0.0295. The van der Waals surface area contributed by atoms with Gasteiger partial charge in [0, 0.05) is 10.9 Å². The second kappa shape index (κ2) is 9.15. The molecule has 1 heterocycles. The van der Waals surface area contributed by atoms with E-state index in [1.807, 2.05) is 25.1 Å². The molecule has 0 saturated heterocycles. The normalized spacial score (nSPS) is 11.0. The largest absolute Gasteiger partial charge is 0.492 e. The Labute approximate surface area is 152 Å². The first-order valence-electron chi connectivity index (χ1n) is 7.21. The summed E-state index contributed by atoms with van der Waals surface area (Å²) in [6.45, 7) is 2.44. The van der Waals surface area contributed by atoms with Gasteiger partial charge in [-0.15, -0.1) is 10.2 Å². The Morgan fingerprint density at radius 1 is 1.46 bits per heavy atom. The van der Waals surface area contributed by atoms with Crippen LogP contribution < -0.4 is 10.1 Å². The summed E-state index contributed by atoms with van der Waals surface area (Å²) in [5.74, 6) is 0.0910. The van der Waals surface area contributed by atoms with Gasteiger partial charge >= 0.3 is 0 Å². The third-order valence-electron chi connectivity index (χ3n) is 2.91. The molecule has 8 heteroatoms. The number of carbonyl (C=O) groups is 1. The number of ether oxygens (including phenoxy) is 1. The molecule has 1 aromatic heterocycles. The maximum Gasteiger partial charge on any atom is 0.268 e. The number of aromatic nitrogens is 2. The van der Waals surface area contributed by atoms with Crippen molar-refractivity contribution in [1.82, 2.24) is 10.2 Å². The molecule has 124 valence electrons. The molecular formula is C16H15BrN4O2S. The molecule has 1 N–H and O–H groups in total. The first-order chi connectivity index (χ1) is 11.7. The van der Waals surface area contributed by atoms with E-state index in [4.69, 9.17) is 4.74 Å². The van der Waals surface area contributed by atoms with E-state index in [9.17, 15) is 10.1 Å². The number of carbonyl (C=O) groups excluding carboxylic acids is 1. The van der Waals surface area contributed by atoms with Gasteiger partial charge in [0.15, 0.2) is 0 Å². The number of hydrogen-bond donors (Lipinski definition) is 1. The Morgan fingerprint density at radius 3 is 2.92 bits per heavy atom. The average Bonchev–Trinajstić information content (AvgIpc) is 3.06. The maximum absolute atomic E-state index is 12.3. The van der Waals surface area contributed by atoms with E-state index in [0.29, 0.717) is 28.4 Å². The number of halogens is 1. The monoisotopic (exact) mass is 406 g/mol. The fourth-order valence-electron chi connectivity index (χ4n) is 1.80. The van der Waals surface area contributed by atoms with E-state index in [1.165, 1.54) is 17.4 Å². The Balaban J connectivity index is 2.19. The van der Waals surface area contributed by atoms with Crippen LogP contribution in [-0.2, 0) is 11.2 Å². The van der Waals surface area contributed by atoms with E-state index in [0.717, 1.165) is 11.4 Å². The Bertz CT molecular complexity index is 782. The lowest BCUT2D eigenvalue weighted by molar-refractivity contribution is -0.112. The molecule has 0 aliphatic heterocycles. The van der Waals surface area contributed by atoms with Crippen molar-refractivity contribution in [3.8, 4) is 11.8 Å². The van der Waals surface area contributed by atoms with Gasteiger partial charge in [-0.1, -0.05) is 52.4 Å². The van der Waals surface area contributed by atoms with Crippen LogP contribution in [0.4, 0.5) is 5.13 Å². The minimum Gasteiger partial charge on any atom is -0.492 e. The molecule has 0 radical (unpaired) electrons. The highest BCUT2D eigenvalue weighted by molar-refractivity contribution is 9.09. The third kappa shape index (κ3) is 4.88. The molecule has 0 saturated carbocycles. The number of amides is 1. The Hall–Kier alpha value is -2.24. The number of nitriles is 1. The van der Waals surface area contributed by atoms with E-state index >= 15 is 0 Å². The summed E-state index contributed by atoms with van der Waals surface area (Å²) in [5, 5.41) is 21.6. The molecule has 2 aromatic rings. The number of alkyl halides is 1. The molecular weight excluding hydrogens is 392 g/mol. The number of aryl methyl sites for hydroxylation is 1. The van der Waals surface area contributed by atoms with Crippen molar-refractivity contribution < 1.29 is 9.53 Å². The van der Waals surface area contributed by atoms with Crippen LogP contribution in [-0.4, -0.2) is 28.0 Å². The van der Waals surface area contributed by atoms with Crippen LogP contribution in [0.5, 0.6) is 5.75 Å². The van der Waals surface area contributed by atoms with E-state index < -0.39 is 5.91 Å². The summed E-state index contributed by atoms with van der Waals surface area (Å²) in [4.78, 5) is 12.3. The summed E-state index contributed by atoms with van der Waals surface area (Å²) in [6.07, 6.45) is 2.24. The van der Waals surface area contributed by atoms with Crippen molar-refractivity contribution in [1.29, 1.82) is 5.26 Å². The summed E-state index contributed by atoms with van der Waals surface area (Å²) < 4.78 is 5.59.